The molecule has 15 heavy (non-hydrogen) atoms. The quantitative estimate of drug-likeness (QED) is 0.522. The van der Waals surface area contributed by atoms with Crippen molar-refractivity contribution in [1.82, 2.24) is 5.32 Å². The molecule has 0 aromatic rings. The van der Waals surface area contributed by atoms with E-state index in [1.807, 2.05) is 0 Å². The maximum absolute atomic E-state index is 11.6. The monoisotopic (exact) mass is 217 g/mol. The third kappa shape index (κ3) is 3.44. The lowest BCUT2D eigenvalue weighted by molar-refractivity contribution is -0.170. The molecule has 1 aliphatic heterocycles. The van der Waals surface area contributed by atoms with Crippen molar-refractivity contribution in [3.05, 3.63) is 0 Å². The molecule has 5 nitrogen and oxygen atoms in total. The highest BCUT2D eigenvalue weighted by molar-refractivity contribution is 5.73. The number of hydrogen-bond donors (Lipinski definition) is 3. The van der Waals surface area contributed by atoms with Gasteiger partial charge in [0.15, 0.2) is 0 Å². The van der Waals surface area contributed by atoms with Crippen molar-refractivity contribution in [2.45, 2.75) is 45.1 Å². The van der Waals surface area contributed by atoms with Gasteiger partial charge in [-0.3, -0.25) is 10.1 Å². The SMILES string of the molecule is CC(C)(C)OC(=O)C1CCNC(O)C1O. The van der Waals surface area contributed by atoms with Crippen molar-refractivity contribution in [3.63, 3.8) is 0 Å². The van der Waals surface area contributed by atoms with E-state index in [0.717, 1.165) is 0 Å². The number of nitrogens with one attached hydrogen (secondary N) is 1. The van der Waals surface area contributed by atoms with Crippen LogP contribution in [0.4, 0.5) is 0 Å². The van der Waals surface area contributed by atoms with E-state index >= 15 is 0 Å². The second kappa shape index (κ2) is 4.47. The second-order valence-corrected chi connectivity index (χ2v) is 4.82. The fraction of sp³-hybridized carbons (Fsp3) is 0.900. The Kier molecular flexibility index (Phi) is 3.70. The summed E-state index contributed by atoms with van der Waals surface area (Å²) in [5.41, 5.74) is -0.563. The minimum atomic E-state index is -1.09. The average molecular weight is 217 g/mol. The van der Waals surface area contributed by atoms with Crippen LogP contribution < -0.4 is 5.32 Å². The molecule has 0 radical (unpaired) electrons. The van der Waals surface area contributed by atoms with E-state index in [2.05, 4.69) is 5.32 Å². The number of aliphatic hydroxyl groups is 2. The zero-order valence-corrected chi connectivity index (χ0v) is 9.36. The minimum Gasteiger partial charge on any atom is -0.460 e. The standard InChI is InChI=1S/C10H19NO4/c1-10(2,3)15-9(14)6-4-5-11-8(13)7(6)12/h6-8,11-13H,4-5H2,1-3H3. The third-order valence-corrected chi connectivity index (χ3v) is 2.25. The zero-order valence-electron chi connectivity index (χ0n) is 9.36. The summed E-state index contributed by atoms with van der Waals surface area (Å²) < 4.78 is 5.16. The number of hydrogen-bond acceptors (Lipinski definition) is 5. The summed E-state index contributed by atoms with van der Waals surface area (Å²) in [4.78, 5) is 11.6. The highest BCUT2D eigenvalue weighted by Gasteiger charge is 2.37. The summed E-state index contributed by atoms with van der Waals surface area (Å²) in [6.45, 7) is 5.82. The van der Waals surface area contributed by atoms with Crippen LogP contribution in [0.2, 0.25) is 0 Å². The van der Waals surface area contributed by atoms with Crippen LogP contribution in [0.1, 0.15) is 27.2 Å². The van der Waals surface area contributed by atoms with Gasteiger partial charge in [0.05, 0.1) is 5.92 Å². The maximum Gasteiger partial charge on any atom is 0.312 e. The predicted octanol–water partition coefficient (Wildman–Crippen LogP) is -0.383. The molecule has 3 unspecified atom stereocenters. The van der Waals surface area contributed by atoms with Crippen molar-refractivity contribution in [2.24, 2.45) is 5.92 Å². The van der Waals surface area contributed by atoms with Crippen molar-refractivity contribution < 1.29 is 19.7 Å². The Hall–Kier alpha value is -0.650. The zero-order chi connectivity index (χ0) is 11.6. The second-order valence-electron chi connectivity index (χ2n) is 4.82. The molecule has 5 heteroatoms. The number of esters is 1. The van der Waals surface area contributed by atoms with Gasteiger partial charge in [-0.25, -0.2) is 0 Å². The van der Waals surface area contributed by atoms with Crippen molar-refractivity contribution in [3.8, 4) is 0 Å². The first-order valence-electron chi connectivity index (χ1n) is 5.13. The minimum absolute atomic E-state index is 0.449. The molecule has 0 aromatic carbocycles. The Morgan fingerprint density at radius 2 is 2.00 bits per heavy atom. The lowest BCUT2D eigenvalue weighted by Crippen LogP contribution is -2.52. The van der Waals surface area contributed by atoms with E-state index < -0.39 is 29.8 Å². The summed E-state index contributed by atoms with van der Waals surface area (Å²) in [5, 5.41) is 21.6. The third-order valence-electron chi connectivity index (χ3n) is 2.25. The normalized spacial score (nSPS) is 32.5. The van der Waals surface area contributed by atoms with E-state index in [0.29, 0.717) is 13.0 Å². The fourth-order valence-electron chi connectivity index (χ4n) is 1.53. The van der Waals surface area contributed by atoms with Crippen LogP contribution in [-0.2, 0) is 9.53 Å². The van der Waals surface area contributed by atoms with E-state index in [-0.39, 0.29) is 0 Å². The molecule has 3 atom stereocenters. The van der Waals surface area contributed by atoms with Gasteiger partial charge < -0.3 is 14.9 Å². The molecule has 1 heterocycles. The molecule has 1 fully saturated rings. The van der Waals surface area contributed by atoms with Crippen LogP contribution in [-0.4, -0.2) is 40.7 Å². The summed E-state index contributed by atoms with van der Waals surface area (Å²) in [6, 6.07) is 0. The van der Waals surface area contributed by atoms with Crippen molar-refractivity contribution >= 4 is 5.97 Å². The van der Waals surface area contributed by atoms with Gasteiger partial charge in [0, 0.05) is 0 Å². The van der Waals surface area contributed by atoms with E-state index in [1.165, 1.54) is 0 Å². The highest BCUT2D eigenvalue weighted by Crippen LogP contribution is 2.20. The Balaban J connectivity index is 2.59. The highest BCUT2D eigenvalue weighted by atomic mass is 16.6. The first-order valence-corrected chi connectivity index (χ1v) is 5.13. The van der Waals surface area contributed by atoms with Gasteiger partial charge in [0.1, 0.15) is 17.9 Å². The molecule has 3 N–H and O–H groups in total. The van der Waals surface area contributed by atoms with Gasteiger partial charge in [-0.1, -0.05) is 0 Å². The molecular weight excluding hydrogens is 198 g/mol. The maximum atomic E-state index is 11.6. The van der Waals surface area contributed by atoms with Crippen molar-refractivity contribution in [1.29, 1.82) is 0 Å². The molecule has 0 spiro atoms. The van der Waals surface area contributed by atoms with Gasteiger partial charge in [-0.05, 0) is 33.7 Å². The Bertz CT molecular complexity index is 236. The predicted molar refractivity (Wildman–Crippen MR) is 54.0 cm³/mol. The van der Waals surface area contributed by atoms with Crippen LogP contribution >= 0.6 is 0 Å². The Labute approximate surface area is 89.4 Å². The van der Waals surface area contributed by atoms with Crippen LogP contribution in [0.5, 0.6) is 0 Å². The van der Waals surface area contributed by atoms with Gasteiger partial charge >= 0.3 is 5.97 Å². The van der Waals surface area contributed by atoms with E-state index in [4.69, 9.17) is 4.74 Å². The smallest absolute Gasteiger partial charge is 0.312 e. The molecule has 88 valence electrons. The molecule has 1 saturated heterocycles. The number of carbonyl (C=O) groups excluding carboxylic acids is 1. The van der Waals surface area contributed by atoms with Crippen LogP contribution in [0.25, 0.3) is 0 Å². The van der Waals surface area contributed by atoms with Crippen molar-refractivity contribution in [2.75, 3.05) is 6.54 Å². The summed E-state index contributed by atoms with van der Waals surface area (Å²) in [6.07, 6.45) is -1.66. The number of rotatable bonds is 1. The van der Waals surface area contributed by atoms with Gasteiger partial charge in [-0.2, -0.15) is 0 Å². The lowest BCUT2D eigenvalue weighted by atomic mass is 9.93. The molecule has 1 aliphatic rings. The number of piperidine rings is 1. The molecular formula is C10H19NO4. The fourth-order valence-corrected chi connectivity index (χ4v) is 1.53. The number of aliphatic hydroxyl groups excluding tert-OH is 2. The Morgan fingerprint density at radius 3 is 2.53 bits per heavy atom. The molecule has 0 amide bonds. The first-order chi connectivity index (χ1) is 6.81. The first kappa shape index (κ1) is 12.4. The van der Waals surface area contributed by atoms with Gasteiger partial charge in [0.25, 0.3) is 0 Å². The molecule has 0 saturated carbocycles. The molecule has 0 aromatic heterocycles. The van der Waals surface area contributed by atoms with E-state index in [1.54, 1.807) is 20.8 Å². The van der Waals surface area contributed by atoms with E-state index in [9.17, 15) is 15.0 Å². The number of ether oxygens (including phenoxy) is 1. The molecule has 0 bridgehead atoms. The molecule has 0 aliphatic carbocycles. The number of carbonyl (C=O) groups is 1. The van der Waals surface area contributed by atoms with Gasteiger partial charge in [-0.15, -0.1) is 0 Å². The topological polar surface area (TPSA) is 78.8 Å². The van der Waals surface area contributed by atoms with Gasteiger partial charge in [0.2, 0.25) is 0 Å². The lowest BCUT2D eigenvalue weighted by Gasteiger charge is -2.33. The summed E-state index contributed by atoms with van der Waals surface area (Å²) in [7, 11) is 0. The summed E-state index contributed by atoms with van der Waals surface area (Å²) >= 11 is 0. The Morgan fingerprint density at radius 1 is 1.40 bits per heavy atom. The molecule has 1 rings (SSSR count). The van der Waals surface area contributed by atoms with Crippen LogP contribution in [0, 0.1) is 5.92 Å². The largest absolute Gasteiger partial charge is 0.460 e. The average Bonchev–Trinajstić information content (AvgIpc) is 2.06. The van der Waals surface area contributed by atoms with Crippen LogP contribution in [0.3, 0.4) is 0 Å². The van der Waals surface area contributed by atoms with Crippen LogP contribution in [0.15, 0.2) is 0 Å². The summed E-state index contributed by atoms with van der Waals surface area (Å²) in [5.74, 6) is -1.09.